The number of aromatic hydroxyl groups is 1. The van der Waals surface area contributed by atoms with Crippen LogP contribution < -0.4 is 15.4 Å². The van der Waals surface area contributed by atoms with Crippen molar-refractivity contribution < 1.29 is 55.3 Å². The van der Waals surface area contributed by atoms with Gasteiger partial charge in [0.1, 0.15) is 22.9 Å². The molecule has 238 valence electrons. The topological polar surface area (TPSA) is 159 Å². The molecular weight excluding hydrogens is 624 g/mol. The van der Waals surface area contributed by atoms with E-state index in [2.05, 4.69) is 10.6 Å². The minimum atomic E-state index is -5.65. The highest BCUT2D eigenvalue weighted by Gasteiger charge is 2.52. The van der Waals surface area contributed by atoms with Gasteiger partial charge >= 0.3 is 11.5 Å². The van der Waals surface area contributed by atoms with Crippen LogP contribution >= 0.6 is 0 Å². The fraction of sp³-hybridized carbons (Fsp3) is 0.300. The van der Waals surface area contributed by atoms with Crippen molar-refractivity contribution in [1.29, 1.82) is 0 Å². The van der Waals surface area contributed by atoms with Gasteiger partial charge in [-0.1, -0.05) is 12.1 Å². The summed E-state index contributed by atoms with van der Waals surface area (Å²) < 4.78 is 83.2. The number of carbonyl (C=O) groups excluding carboxylic acids is 2. The Morgan fingerprint density at radius 1 is 0.978 bits per heavy atom. The minimum Gasteiger partial charge on any atom is -0.507 e. The third kappa shape index (κ3) is 5.91. The number of sulfone groups is 1. The molecule has 2 bridgehead atoms. The highest BCUT2D eigenvalue weighted by Crippen LogP contribution is 2.49. The second-order valence-corrected chi connectivity index (χ2v) is 12.8. The Hall–Kier alpha value is -4.66. The lowest BCUT2D eigenvalue weighted by molar-refractivity contribution is -0.122. The number of ether oxygens (including phenoxy) is 1. The largest absolute Gasteiger partial charge is 0.507 e. The van der Waals surface area contributed by atoms with Gasteiger partial charge in [0.2, 0.25) is 5.91 Å². The predicted molar refractivity (Wildman–Crippen MR) is 151 cm³/mol. The van der Waals surface area contributed by atoms with Crippen molar-refractivity contribution in [3.8, 4) is 22.6 Å². The number of hydrogen-bond acceptors (Lipinski definition) is 7. The summed E-state index contributed by atoms with van der Waals surface area (Å²) in [5, 5.41) is 24.6. The number of nitrogens with one attached hydrogen (secondary N) is 2. The van der Waals surface area contributed by atoms with Crippen molar-refractivity contribution in [3.05, 3.63) is 71.5 Å². The summed E-state index contributed by atoms with van der Waals surface area (Å²) >= 11 is 0. The van der Waals surface area contributed by atoms with E-state index in [1.165, 1.54) is 25.3 Å². The number of anilines is 1. The Morgan fingerprint density at radius 3 is 2.33 bits per heavy atom. The van der Waals surface area contributed by atoms with Gasteiger partial charge in [-0.15, -0.1) is 0 Å². The molecule has 0 spiro atoms. The summed E-state index contributed by atoms with van der Waals surface area (Å²) in [7, 11) is -4.43. The fourth-order valence-corrected chi connectivity index (χ4v) is 7.02. The van der Waals surface area contributed by atoms with Gasteiger partial charge in [-0.3, -0.25) is 9.59 Å². The van der Waals surface area contributed by atoms with E-state index in [1.807, 2.05) is 0 Å². The van der Waals surface area contributed by atoms with Crippen LogP contribution in [-0.2, 0) is 14.6 Å². The summed E-state index contributed by atoms with van der Waals surface area (Å²) in [6, 6.07) is 8.62. The van der Waals surface area contributed by atoms with Crippen LogP contribution in [0.4, 0.5) is 23.2 Å². The van der Waals surface area contributed by atoms with Gasteiger partial charge < -0.3 is 25.6 Å². The number of carboxylic acids is 1. The highest BCUT2D eigenvalue weighted by molar-refractivity contribution is 7.92. The van der Waals surface area contributed by atoms with E-state index >= 15 is 4.39 Å². The summed E-state index contributed by atoms with van der Waals surface area (Å²) in [5.74, 6) is -5.37. The molecule has 2 amide bonds. The van der Waals surface area contributed by atoms with E-state index in [4.69, 9.17) is 9.84 Å². The van der Waals surface area contributed by atoms with Crippen LogP contribution in [0, 0.1) is 23.6 Å². The fourth-order valence-electron chi connectivity index (χ4n) is 6.21. The first-order valence-electron chi connectivity index (χ1n) is 13.6. The Kier molecular flexibility index (Phi) is 8.25. The number of hydrogen-bond donors (Lipinski definition) is 4. The molecule has 2 saturated carbocycles. The number of rotatable bonds is 8. The first-order valence-corrected chi connectivity index (χ1v) is 15.1. The first kappa shape index (κ1) is 31.8. The number of carboxylic acid groups (broad SMARTS) is 1. The number of phenols is 1. The molecule has 3 aromatic carbocycles. The maximum Gasteiger partial charge on any atom is 0.501 e. The number of halogens is 4. The molecule has 15 heteroatoms. The Morgan fingerprint density at radius 2 is 1.69 bits per heavy atom. The number of amides is 2. The zero-order valence-electron chi connectivity index (χ0n) is 23.4. The van der Waals surface area contributed by atoms with Crippen LogP contribution in [0.1, 0.15) is 40.0 Å². The van der Waals surface area contributed by atoms with Gasteiger partial charge in [0.05, 0.1) is 23.5 Å². The monoisotopic (exact) mass is 650 g/mol. The van der Waals surface area contributed by atoms with E-state index in [1.54, 1.807) is 0 Å². The van der Waals surface area contributed by atoms with Crippen molar-refractivity contribution in [3.63, 3.8) is 0 Å². The number of methoxy groups -OCH3 is 1. The molecule has 0 unspecified atom stereocenters. The van der Waals surface area contributed by atoms with Gasteiger partial charge in [-0.2, -0.15) is 13.2 Å². The standard InChI is InChI=1S/C30H26F4N2O8S/c1-44-24-13-22(31)20(14-7-8-19(29(40)41)23(37)10-14)12-21(24)27(38)36-26-16-6-5-15(9-16)25(26)28(39)35-17-3-2-4-18(11-17)45(42,43)30(32,33)34/h2-4,7-8,10-13,15-16,25-26,37H,5-6,9H2,1H3,(H,35,39)(H,36,38)(H,40,41)/t15-,16+,25+,26-/m1/s1. The minimum absolute atomic E-state index is 0.0821. The third-order valence-electron chi connectivity index (χ3n) is 8.31. The SMILES string of the molecule is COc1cc(F)c(-c2ccc(C(=O)O)c(O)c2)cc1C(=O)N[C@@H]1[C@H]2CC[C@H](C2)[C@@H]1C(=O)Nc1cccc(S(=O)(=O)C(F)(F)F)c1. The predicted octanol–water partition coefficient (Wildman–Crippen LogP) is 4.98. The lowest BCUT2D eigenvalue weighted by Gasteiger charge is -2.31. The van der Waals surface area contributed by atoms with Gasteiger partial charge in [0.15, 0.2) is 0 Å². The molecule has 0 heterocycles. The van der Waals surface area contributed by atoms with Crippen molar-refractivity contribution in [2.45, 2.75) is 35.7 Å². The summed E-state index contributed by atoms with van der Waals surface area (Å²) in [6.07, 6.45) is 1.95. The summed E-state index contributed by atoms with van der Waals surface area (Å²) in [5.41, 5.74) is -6.26. The number of alkyl halides is 3. The quantitative estimate of drug-likeness (QED) is 0.249. The Labute approximate surface area is 253 Å². The van der Waals surface area contributed by atoms with Gasteiger partial charge in [0.25, 0.3) is 15.7 Å². The van der Waals surface area contributed by atoms with E-state index < -0.39 is 67.1 Å². The van der Waals surface area contributed by atoms with Crippen LogP contribution in [0.25, 0.3) is 11.1 Å². The molecule has 4 N–H and O–H groups in total. The maximum absolute atomic E-state index is 15.1. The second kappa shape index (κ2) is 11.7. The van der Waals surface area contributed by atoms with Crippen molar-refractivity contribution in [1.82, 2.24) is 5.32 Å². The van der Waals surface area contributed by atoms with Crippen LogP contribution in [0.5, 0.6) is 11.5 Å². The molecule has 2 aliphatic carbocycles. The van der Waals surface area contributed by atoms with E-state index in [-0.39, 0.29) is 40.0 Å². The molecule has 5 rings (SSSR count). The summed E-state index contributed by atoms with van der Waals surface area (Å²) in [4.78, 5) is 37.2. The average Bonchev–Trinajstić information content (AvgIpc) is 3.58. The van der Waals surface area contributed by atoms with E-state index in [0.29, 0.717) is 25.3 Å². The molecular formula is C30H26F4N2O8S. The van der Waals surface area contributed by atoms with E-state index in [9.17, 15) is 41.1 Å². The average molecular weight is 651 g/mol. The molecule has 3 aromatic rings. The molecule has 0 aromatic heterocycles. The maximum atomic E-state index is 15.1. The van der Waals surface area contributed by atoms with Crippen LogP contribution in [-0.4, -0.2) is 55.1 Å². The number of carbonyl (C=O) groups is 3. The first-order chi connectivity index (χ1) is 21.1. The molecule has 4 atom stereocenters. The van der Waals surface area contributed by atoms with Gasteiger partial charge in [-0.05, 0) is 73.1 Å². The molecule has 0 saturated heterocycles. The number of fused-ring (bicyclic) bond motifs is 2. The highest BCUT2D eigenvalue weighted by atomic mass is 32.2. The number of aromatic carboxylic acids is 1. The van der Waals surface area contributed by atoms with Gasteiger partial charge in [0, 0.05) is 23.4 Å². The zero-order valence-corrected chi connectivity index (χ0v) is 24.2. The molecule has 2 fully saturated rings. The smallest absolute Gasteiger partial charge is 0.501 e. The van der Waals surface area contributed by atoms with Crippen molar-refractivity contribution in [2.24, 2.45) is 17.8 Å². The lowest BCUT2D eigenvalue weighted by atomic mass is 9.83. The van der Waals surface area contributed by atoms with Crippen LogP contribution in [0.3, 0.4) is 0 Å². The molecule has 10 nitrogen and oxygen atoms in total. The molecule has 45 heavy (non-hydrogen) atoms. The third-order valence-corrected chi connectivity index (χ3v) is 9.79. The van der Waals surface area contributed by atoms with Crippen LogP contribution in [0.2, 0.25) is 0 Å². The molecule has 2 aliphatic rings. The van der Waals surface area contributed by atoms with Crippen molar-refractivity contribution in [2.75, 3.05) is 12.4 Å². The van der Waals surface area contributed by atoms with Crippen molar-refractivity contribution >= 4 is 33.3 Å². The molecule has 0 aliphatic heterocycles. The van der Waals surface area contributed by atoms with E-state index in [0.717, 1.165) is 30.3 Å². The Balaban J connectivity index is 1.41. The van der Waals surface area contributed by atoms with Crippen LogP contribution in [0.15, 0.2) is 59.5 Å². The van der Waals surface area contributed by atoms with Gasteiger partial charge in [-0.25, -0.2) is 17.6 Å². The molecule has 0 radical (unpaired) electrons. The second-order valence-electron chi connectivity index (χ2n) is 10.9. The summed E-state index contributed by atoms with van der Waals surface area (Å²) in [6.45, 7) is 0. The number of benzene rings is 3. The normalized spacial score (nSPS) is 20.9. The lowest BCUT2D eigenvalue weighted by Crippen LogP contribution is -2.48. The Bertz CT molecular complexity index is 1810. The zero-order chi connectivity index (χ0) is 32.8.